The van der Waals surface area contributed by atoms with Crippen molar-refractivity contribution in [2.45, 2.75) is 26.8 Å². The summed E-state index contributed by atoms with van der Waals surface area (Å²) in [7, 11) is 0. The molecule has 0 amide bonds. The maximum absolute atomic E-state index is 13.8. The first-order chi connectivity index (χ1) is 8.97. The maximum atomic E-state index is 13.8. The van der Waals surface area contributed by atoms with Gasteiger partial charge in [-0.1, -0.05) is 12.1 Å². The molecule has 0 unspecified atom stereocenters. The van der Waals surface area contributed by atoms with Crippen LogP contribution >= 0.6 is 0 Å². The van der Waals surface area contributed by atoms with Crippen molar-refractivity contribution < 1.29 is 9.13 Å². The molecule has 0 aromatic heterocycles. The molecule has 19 heavy (non-hydrogen) atoms. The molecule has 0 spiro atoms. The average Bonchev–Trinajstić information content (AvgIpc) is 2.26. The molecule has 0 aliphatic carbocycles. The van der Waals surface area contributed by atoms with E-state index >= 15 is 0 Å². The molecule has 2 rings (SSSR count). The van der Waals surface area contributed by atoms with Crippen molar-refractivity contribution in [1.82, 2.24) is 0 Å². The number of ether oxygens (including phenoxy) is 1. The number of hydrogen-bond donors (Lipinski definition) is 1. The van der Waals surface area contributed by atoms with Crippen LogP contribution in [0.25, 0.3) is 0 Å². The Hall–Kier alpha value is -1.87. The third-order valence-electron chi connectivity index (χ3n) is 2.89. The van der Waals surface area contributed by atoms with Crippen LogP contribution in [0.1, 0.15) is 29.7 Å². The van der Waals surface area contributed by atoms with Gasteiger partial charge in [-0.2, -0.15) is 0 Å². The Kier molecular flexibility index (Phi) is 3.86. The molecule has 2 aromatic carbocycles. The standard InChI is InChI=1S/C16H18FNO/c1-10-7-11(2)9-13(8-10)19-15-6-4-5-14(17)16(15)12(3)18/h4-9,12H,18H2,1-3H3/t12-/m0/s1. The summed E-state index contributed by atoms with van der Waals surface area (Å²) in [6.45, 7) is 5.74. The number of nitrogens with two attached hydrogens (primary N) is 1. The fourth-order valence-electron chi connectivity index (χ4n) is 2.17. The van der Waals surface area contributed by atoms with Crippen LogP contribution in [0, 0.1) is 19.7 Å². The second-order valence-electron chi connectivity index (χ2n) is 4.87. The van der Waals surface area contributed by atoms with Crippen molar-refractivity contribution in [2.24, 2.45) is 5.73 Å². The smallest absolute Gasteiger partial charge is 0.135 e. The Bertz CT molecular complexity index is 573. The predicted molar refractivity (Wildman–Crippen MR) is 75.0 cm³/mol. The number of aryl methyl sites for hydroxylation is 2. The molecule has 2 aromatic rings. The lowest BCUT2D eigenvalue weighted by atomic mass is 10.1. The normalized spacial score (nSPS) is 12.3. The van der Waals surface area contributed by atoms with Gasteiger partial charge < -0.3 is 10.5 Å². The summed E-state index contributed by atoms with van der Waals surface area (Å²) in [5.41, 5.74) is 8.42. The SMILES string of the molecule is Cc1cc(C)cc(Oc2cccc(F)c2[C@H](C)N)c1. The molecule has 0 saturated carbocycles. The Labute approximate surface area is 113 Å². The minimum atomic E-state index is -0.415. The van der Waals surface area contributed by atoms with Gasteiger partial charge in [0.15, 0.2) is 0 Å². The molecule has 0 aliphatic rings. The van der Waals surface area contributed by atoms with E-state index in [1.54, 1.807) is 19.1 Å². The highest BCUT2D eigenvalue weighted by molar-refractivity contribution is 5.42. The predicted octanol–water partition coefficient (Wildman–Crippen LogP) is 4.25. The lowest BCUT2D eigenvalue weighted by Gasteiger charge is -2.15. The summed E-state index contributed by atoms with van der Waals surface area (Å²) in [5.74, 6) is 0.835. The van der Waals surface area contributed by atoms with E-state index in [2.05, 4.69) is 6.07 Å². The van der Waals surface area contributed by atoms with Gasteiger partial charge in [0.25, 0.3) is 0 Å². The molecule has 0 radical (unpaired) electrons. The number of hydrogen-bond acceptors (Lipinski definition) is 2. The van der Waals surface area contributed by atoms with Gasteiger partial charge in [-0.15, -0.1) is 0 Å². The molecule has 3 heteroatoms. The van der Waals surface area contributed by atoms with Crippen LogP contribution in [0.15, 0.2) is 36.4 Å². The van der Waals surface area contributed by atoms with Crippen molar-refractivity contribution >= 4 is 0 Å². The topological polar surface area (TPSA) is 35.2 Å². The van der Waals surface area contributed by atoms with Gasteiger partial charge >= 0.3 is 0 Å². The molecule has 0 aliphatic heterocycles. The molecular weight excluding hydrogens is 241 g/mol. The molecule has 0 fully saturated rings. The molecule has 0 bridgehead atoms. The van der Waals surface area contributed by atoms with Gasteiger partial charge in [0.2, 0.25) is 0 Å². The Morgan fingerprint density at radius 3 is 2.32 bits per heavy atom. The van der Waals surface area contributed by atoms with Gasteiger partial charge in [0.1, 0.15) is 17.3 Å². The van der Waals surface area contributed by atoms with Crippen LogP contribution in [0.2, 0.25) is 0 Å². The van der Waals surface area contributed by atoms with Crippen LogP contribution in [0.3, 0.4) is 0 Å². The number of halogens is 1. The zero-order chi connectivity index (χ0) is 14.0. The Balaban J connectivity index is 2.40. The van der Waals surface area contributed by atoms with E-state index in [4.69, 9.17) is 10.5 Å². The van der Waals surface area contributed by atoms with Crippen molar-refractivity contribution in [1.29, 1.82) is 0 Å². The second-order valence-corrected chi connectivity index (χ2v) is 4.87. The Morgan fingerprint density at radius 2 is 1.74 bits per heavy atom. The summed E-state index contributed by atoms with van der Waals surface area (Å²) in [6, 6.07) is 10.2. The largest absolute Gasteiger partial charge is 0.457 e. The second kappa shape index (κ2) is 5.41. The zero-order valence-electron chi connectivity index (χ0n) is 11.4. The van der Waals surface area contributed by atoms with Gasteiger partial charge in [-0.05, 0) is 56.2 Å². The molecule has 0 saturated heterocycles. The lowest BCUT2D eigenvalue weighted by molar-refractivity contribution is 0.460. The highest BCUT2D eigenvalue weighted by Gasteiger charge is 2.14. The molecule has 2 nitrogen and oxygen atoms in total. The van der Waals surface area contributed by atoms with Crippen molar-refractivity contribution in [3.05, 3.63) is 58.9 Å². The van der Waals surface area contributed by atoms with Crippen LogP contribution in [0.4, 0.5) is 4.39 Å². The molecule has 0 heterocycles. The van der Waals surface area contributed by atoms with Gasteiger partial charge in [0.05, 0.1) is 0 Å². The van der Waals surface area contributed by atoms with E-state index in [0.717, 1.165) is 11.1 Å². The van der Waals surface area contributed by atoms with E-state index < -0.39 is 6.04 Å². The third kappa shape index (κ3) is 3.12. The summed E-state index contributed by atoms with van der Waals surface area (Å²) in [5, 5.41) is 0. The van der Waals surface area contributed by atoms with E-state index in [1.807, 2.05) is 26.0 Å². The third-order valence-corrected chi connectivity index (χ3v) is 2.89. The van der Waals surface area contributed by atoms with E-state index in [-0.39, 0.29) is 5.82 Å². The highest BCUT2D eigenvalue weighted by Crippen LogP contribution is 2.31. The maximum Gasteiger partial charge on any atom is 0.135 e. The van der Waals surface area contributed by atoms with Crippen molar-refractivity contribution in [3.8, 4) is 11.5 Å². The monoisotopic (exact) mass is 259 g/mol. The highest BCUT2D eigenvalue weighted by atomic mass is 19.1. The van der Waals surface area contributed by atoms with Crippen molar-refractivity contribution in [2.75, 3.05) is 0 Å². The summed E-state index contributed by atoms with van der Waals surface area (Å²) < 4.78 is 19.6. The van der Waals surface area contributed by atoms with E-state index in [1.165, 1.54) is 6.07 Å². The minimum absolute atomic E-state index is 0.336. The summed E-state index contributed by atoms with van der Waals surface area (Å²) in [4.78, 5) is 0. The van der Waals surface area contributed by atoms with E-state index in [0.29, 0.717) is 17.1 Å². The van der Waals surface area contributed by atoms with E-state index in [9.17, 15) is 4.39 Å². The first-order valence-corrected chi connectivity index (χ1v) is 6.27. The van der Waals surface area contributed by atoms with Crippen LogP contribution in [-0.4, -0.2) is 0 Å². The molecule has 100 valence electrons. The van der Waals surface area contributed by atoms with Crippen molar-refractivity contribution in [3.63, 3.8) is 0 Å². The quantitative estimate of drug-likeness (QED) is 0.894. The molecule has 1 atom stereocenters. The average molecular weight is 259 g/mol. The summed E-state index contributed by atoms with van der Waals surface area (Å²) >= 11 is 0. The first-order valence-electron chi connectivity index (χ1n) is 6.27. The Morgan fingerprint density at radius 1 is 1.11 bits per heavy atom. The van der Waals surface area contributed by atoms with Gasteiger partial charge in [0, 0.05) is 11.6 Å². The number of benzene rings is 2. The minimum Gasteiger partial charge on any atom is -0.457 e. The zero-order valence-corrected chi connectivity index (χ0v) is 11.4. The van der Waals surface area contributed by atoms with Crippen LogP contribution < -0.4 is 10.5 Å². The number of rotatable bonds is 3. The molecular formula is C16H18FNO. The fourth-order valence-corrected chi connectivity index (χ4v) is 2.17. The van der Waals surface area contributed by atoms with Crippen LogP contribution in [-0.2, 0) is 0 Å². The van der Waals surface area contributed by atoms with Gasteiger partial charge in [-0.25, -0.2) is 4.39 Å². The lowest BCUT2D eigenvalue weighted by Crippen LogP contribution is -2.09. The fraction of sp³-hybridized carbons (Fsp3) is 0.250. The summed E-state index contributed by atoms with van der Waals surface area (Å²) in [6.07, 6.45) is 0. The molecule has 2 N–H and O–H groups in total. The van der Waals surface area contributed by atoms with Gasteiger partial charge in [-0.3, -0.25) is 0 Å². The van der Waals surface area contributed by atoms with Crippen LogP contribution in [0.5, 0.6) is 11.5 Å². The first kappa shape index (κ1) is 13.6.